The van der Waals surface area contributed by atoms with E-state index in [0.29, 0.717) is 6.54 Å². The zero-order chi connectivity index (χ0) is 15.1. The number of anilines is 1. The molecular weight excluding hydrogens is 284 g/mol. The second-order valence-electron chi connectivity index (χ2n) is 5.68. The van der Waals surface area contributed by atoms with E-state index >= 15 is 0 Å². The molecule has 1 aliphatic carbocycles. The van der Waals surface area contributed by atoms with E-state index in [1.807, 2.05) is 36.0 Å². The summed E-state index contributed by atoms with van der Waals surface area (Å²) < 4.78 is 0. The minimum Gasteiger partial charge on any atom is -0.388 e. The normalized spacial score (nSPS) is 16.7. The highest BCUT2D eigenvalue weighted by molar-refractivity contribution is 7.98. The summed E-state index contributed by atoms with van der Waals surface area (Å²) in [5, 5.41) is 15.7. The molecule has 0 aromatic heterocycles. The van der Waals surface area contributed by atoms with Crippen LogP contribution >= 0.6 is 11.8 Å². The molecule has 5 heteroatoms. The Morgan fingerprint density at radius 1 is 1.29 bits per heavy atom. The number of benzene rings is 1. The summed E-state index contributed by atoms with van der Waals surface area (Å²) >= 11 is 1.83. The molecule has 1 aliphatic rings. The molecule has 4 nitrogen and oxygen atoms in total. The van der Waals surface area contributed by atoms with Crippen LogP contribution in [-0.4, -0.2) is 35.3 Å². The molecule has 1 fully saturated rings. The van der Waals surface area contributed by atoms with Gasteiger partial charge in [0.15, 0.2) is 0 Å². The van der Waals surface area contributed by atoms with Crippen LogP contribution in [0.1, 0.15) is 31.2 Å². The van der Waals surface area contributed by atoms with E-state index in [-0.39, 0.29) is 6.03 Å². The van der Waals surface area contributed by atoms with E-state index in [4.69, 9.17) is 0 Å². The molecule has 2 amide bonds. The van der Waals surface area contributed by atoms with Gasteiger partial charge in [0.25, 0.3) is 0 Å². The average Bonchev–Trinajstić information content (AvgIpc) is 2.92. The molecule has 1 saturated carbocycles. The molecule has 3 N–H and O–H groups in total. The molecule has 0 bridgehead atoms. The largest absolute Gasteiger partial charge is 0.388 e. The fraction of sp³-hybridized carbons (Fsp3) is 0.562. The number of rotatable bonds is 6. The molecule has 0 spiro atoms. The zero-order valence-electron chi connectivity index (χ0n) is 12.5. The van der Waals surface area contributed by atoms with Crippen LogP contribution in [0.3, 0.4) is 0 Å². The van der Waals surface area contributed by atoms with Gasteiger partial charge in [0.2, 0.25) is 0 Å². The van der Waals surface area contributed by atoms with Gasteiger partial charge in [-0.15, -0.1) is 0 Å². The van der Waals surface area contributed by atoms with Gasteiger partial charge in [-0.05, 0) is 49.0 Å². The minimum atomic E-state index is -0.709. The maximum atomic E-state index is 11.8. The van der Waals surface area contributed by atoms with Gasteiger partial charge in [-0.2, -0.15) is 11.8 Å². The first-order chi connectivity index (χ1) is 10.1. The van der Waals surface area contributed by atoms with Crippen molar-refractivity contribution < 1.29 is 9.90 Å². The van der Waals surface area contributed by atoms with Crippen molar-refractivity contribution in [1.82, 2.24) is 5.32 Å². The predicted molar refractivity (Wildman–Crippen MR) is 89.0 cm³/mol. The fourth-order valence-electron chi connectivity index (χ4n) is 2.60. The van der Waals surface area contributed by atoms with Crippen LogP contribution < -0.4 is 10.6 Å². The highest BCUT2D eigenvalue weighted by Crippen LogP contribution is 2.28. The zero-order valence-corrected chi connectivity index (χ0v) is 13.3. The van der Waals surface area contributed by atoms with Gasteiger partial charge < -0.3 is 15.7 Å². The number of aliphatic hydroxyl groups is 1. The second-order valence-corrected chi connectivity index (χ2v) is 6.66. The lowest BCUT2D eigenvalue weighted by atomic mass is 10.0. The second kappa shape index (κ2) is 7.71. The van der Waals surface area contributed by atoms with E-state index in [0.717, 1.165) is 43.5 Å². The first-order valence-electron chi connectivity index (χ1n) is 7.46. The van der Waals surface area contributed by atoms with Crippen LogP contribution in [0.2, 0.25) is 0 Å². The van der Waals surface area contributed by atoms with Gasteiger partial charge in [0, 0.05) is 12.2 Å². The summed E-state index contributed by atoms with van der Waals surface area (Å²) in [5.74, 6) is 1.10. The first-order valence-corrected chi connectivity index (χ1v) is 8.86. The van der Waals surface area contributed by atoms with Gasteiger partial charge in [0.1, 0.15) is 0 Å². The molecular formula is C16H24N2O2S. The summed E-state index contributed by atoms with van der Waals surface area (Å²) in [7, 11) is 0. The first kappa shape index (κ1) is 16.2. The van der Waals surface area contributed by atoms with Crippen LogP contribution in [0.5, 0.6) is 0 Å². The van der Waals surface area contributed by atoms with Crippen molar-refractivity contribution in [3.8, 4) is 0 Å². The van der Waals surface area contributed by atoms with E-state index < -0.39 is 5.60 Å². The third kappa shape index (κ3) is 5.25. The Morgan fingerprint density at radius 3 is 2.57 bits per heavy atom. The molecule has 0 radical (unpaired) electrons. The summed E-state index contributed by atoms with van der Waals surface area (Å²) in [6.07, 6.45) is 6.77. The standard InChI is InChI=1S/C16H24N2O2S/c1-21-11-8-13-4-6-14(7-5-13)18-15(19)17-12-16(20)9-2-3-10-16/h4-7,20H,2-3,8-12H2,1H3,(H2,17,18,19). The Labute approximate surface area is 130 Å². The van der Waals surface area contributed by atoms with Crippen molar-refractivity contribution in [2.24, 2.45) is 0 Å². The van der Waals surface area contributed by atoms with E-state index in [9.17, 15) is 9.90 Å². The fourth-order valence-corrected chi connectivity index (χ4v) is 3.04. The number of nitrogens with one attached hydrogen (secondary N) is 2. The van der Waals surface area contributed by atoms with E-state index in [1.54, 1.807) is 0 Å². The quantitative estimate of drug-likeness (QED) is 0.757. The number of hydrogen-bond donors (Lipinski definition) is 3. The van der Waals surface area contributed by atoms with Crippen molar-refractivity contribution in [1.29, 1.82) is 0 Å². The Kier molecular flexibility index (Phi) is 5.94. The Balaban J connectivity index is 1.76. The molecule has 0 heterocycles. The van der Waals surface area contributed by atoms with Crippen molar-refractivity contribution in [2.75, 3.05) is 23.9 Å². The number of carbonyl (C=O) groups is 1. The lowest BCUT2D eigenvalue weighted by molar-refractivity contribution is 0.0506. The number of aryl methyl sites for hydroxylation is 1. The van der Waals surface area contributed by atoms with Crippen molar-refractivity contribution in [2.45, 2.75) is 37.7 Å². The molecule has 116 valence electrons. The minimum absolute atomic E-state index is 0.257. The number of carbonyl (C=O) groups excluding carboxylic acids is 1. The van der Waals surface area contributed by atoms with Crippen LogP contribution in [-0.2, 0) is 6.42 Å². The summed E-state index contributed by atoms with van der Waals surface area (Å²) in [5.41, 5.74) is 1.34. The third-order valence-electron chi connectivity index (χ3n) is 3.92. The van der Waals surface area contributed by atoms with Crippen molar-refractivity contribution >= 4 is 23.5 Å². The van der Waals surface area contributed by atoms with Gasteiger partial charge in [0.05, 0.1) is 5.60 Å². The molecule has 0 aliphatic heterocycles. The summed E-state index contributed by atoms with van der Waals surface area (Å²) in [6.45, 7) is 0.324. The number of thioether (sulfide) groups is 1. The van der Waals surface area contributed by atoms with Crippen molar-refractivity contribution in [3.63, 3.8) is 0 Å². The predicted octanol–water partition coefficient (Wildman–Crippen LogP) is 3.02. The Bertz CT molecular complexity index is 456. The molecule has 21 heavy (non-hydrogen) atoms. The van der Waals surface area contributed by atoms with Gasteiger partial charge in [-0.25, -0.2) is 4.79 Å². The number of hydrogen-bond acceptors (Lipinski definition) is 3. The third-order valence-corrected chi connectivity index (χ3v) is 4.53. The van der Waals surface area contributed by atoms with Crippen LogP contribution in [0.15, 0.2) is 24.3 Å². The topological polar surface area (TPSA) is 61.4 Å². The van der Waals surface area contributed by atoms with Gasteiger partial charge in [-0.1, -0.05) is 25.0 Å². The van der Waals surface area contributed by atoms with Gasteiger partial charge >= 0.3 is 6.03 Å². The SMILES string of the molecule is CSCCc1ccc(NC(=O)NCC2(O)CCCC2)cc1. The molecule has 0 atom stereocenters. The number of urea groups is 1. The smallest absolute Gasteiger partial charge is 0.319 e. The van der Waals surface area contributed by atoms with E-state index in [2.05, 4.69) is 16.9 Å². The molecule has 2 rings (SSSR count). The number of amides is 2. The molecule has 0 unspecified atom stereocenters. The molecule has 1 aromatic carbocycles. The maximum absolute atomic E-state index is 11.8. The average molecular weight is 308 g/mol. The molecule has 0 saturated heterocycles. The Morgan fingerprint density at radius 2 is 1.95 bits per heavy atom. The van der Waals surface area contributed by atoms with Crippen molar-refractivity contribution in [3.05, 3.63) is 29.8 Å². The summed E-state index contributed by atoms with van der Waals surface area (Å²) in [6, 6.07) is 7.65. The monoisotopic (exact) mass is 308 g/mol. The molecule has 1 aromatic rings. The lowest BCUT2D eigenvalue weighted by Crippen LogP contribution is -2.42. The highest BCUT2D eigenvalue weighted by Gasteiger charge is 2.31. The van der Waals surface area contributed by atoms with Crippen LogP contribution in [0.4, 0.5) is 10.5 Å². The van der Waals surface area contributed by atoms with E-state index in [1.165, 1.54) is 5.56 Å². The lowest BCUT2D eigenvalue weighted by Gasteiger charge is -2.22. The summed E-state index contributed by atoms with van der Waals surface area (Å²) in [4.78, 5) is 11.8. The maximum Gasteiger partial charge on any atom is 0.319 e. The van der Waals surface area contributed by atoms with Crippen LogP contribution in [0, 0.1) is 0 Å². The Hall–Kier alpha value is -1.20. The van der Waals surface area contributed by atoms with Crippen LogP contribution in [0.25, 0.3) is 0 Å². The highest BCUT2D eigenvalue weighted by atomic mass is 32.2. The van der Waals surface area contributed by atoms with Gasteiger partial charge in [-0.3, -0.25) is 0 Å².